The Labute approximate surface area is 95.8 Å². The van der Waals surface area contributed by atoms with Crippen LogP contribution in [0, 0.1) is 13.8 Å². The molecule has 0 saturated carbocycles. The lowest BCUT2D eigenvalue weighted by atomic mass is 10.3. The molecular weight excluding hydrogens is 258 g/mol. The number of hydrogen-bond donors (Lipinski definition) is 1. The number of hydrogen-bond acceptors (Lipinski definition) is 3. The second-order valence-corrected chi connectivity index (χ2v) is 4.15. The zero-order valence-corrected chi connectivity index (χ0v) is 10.00. The summed E-state index contributed by atoms with van der Waals surface area (Å²) in [5.74, 6) is 1.04. The van der Waals surface area contributed by atoms with Gasteiger partial charge in [0.2, 0.25) is 11.8 Å². The van der Waals surface area contributed by atoms with Crippen molar-refractivity contribution in [3.05, 3.63) is 34.1 Å². The quantitative estimate of drug-likeness (QED) is 0.910. The maximum absolute atomic E-state index is 5.48. The van der Waals surface area contributed by atoms with Gasteiger partial charge in [-0.3, -0.25) is 5.10 Å². The molecule has 0 saturated heterocycles. The Morgan fingerprint density at radius 1 is 1.33 bits per heavy atom. The van der Waals surface area contributed by atoms with E-state index in [1.54, 1.807) is 6.20 Å². The standard InChI is InChI=1S/C10H10BrN3O/c1-6-3-8(11)10(12-5-6)15-9-4-7(2)13-14-9/h3-5H,1-2H3,(H,13,14). The lowest BCUT2D eigenvalue weighted by molar-refractivity contribution is 0.440. The van der Waals surface area contributed by atoms with E-state index in [-0.39, 0.29) is 0 Å². The molecule has 0 aromatic carbocycles. The number of nitrogens with one attached hydrogen (secondary N) is 1. The number of rotatable bonds is 2. The minimum Gasteiger partial charge on any atom is -0.418 e. The third kappa shape index (κ3) is 2.36. The Hall–Kier alpha value is -1.36. The molecule has 0 aliphatic heterocycles. The van der Waals surface area contributed by atoms with E-state index >= 15 is 0 Å². The van der Waals surface area contributed by atoms with Crippen LogP contribution in [0.4, 0.5) is 0 Å². The van der Waals surface area contributed by atoms with Crippen molar-refractivity contribution in [1.29, 1.82) is 0 Å². The normalized spacial score (nSPS) is 10.3. The zero-order valence-electron chi connectivity index (χ0n) is 8.41. The maximum atomic E-state index is 5.48. The molecular formula is C10H10BrN3O. The molecule has 2 heterocycles. The van der Waals surface area contributed by atoms with Crippen molar-refractivity contribution in [2.75, 3.05) is 0 Å². The average Bonchev–Trinajstić information content (AvgIpc) is 2.56. The van der Waals surface area contributed by atoms with Crippen molar-refractivity contribution in [3.63, 3.8) is 0 Å². The van der Waals surface area contributed by atoms with E-state index in [1.807, 2.05) is 26.0 Å². The first-order valence-corrected chi connectivity index (χ1v) is 5.26. The number of aromatic amines is 1. The number of H-pyrrole nitrogens is 1. The summed E-state index contributed by atoms with van der Waals surface area (Å²) in [6, 6.07) is 3.76. The van der Waals surface area contributed by atoms with Gasteiger partial charge in [0.05, 0.1) is 4.47 Å². The number of pyridine rings is 1. The summed E-state index contributed by atoms with van der Waals surface area (Å²) in [6.45, 7) is 3.89. The van der Waals surface area contributed by atoms with E-state index in [1.165, 1.54) is 0 Å². The minimum atomic E-state index is 0.518. The monoisotopic (exact) mass is 267 g/mol. The van der Waals surface area contributed by atoms with Gasteiger partial charge in [0.1, 0.15) is 0 Å². The van der Waals surface area contributed by atoms with Crippen molar-refractivity contribution < 1.29 is 4.74 Å². The second-order valence-electron chi connectivity index (χ2n) is 3.29. The molecule has 2 aromatic rings. The van der Waals surface area contributed by atoms with Gasteiger partial charge in [0, 0.05) is 18.0 Å². The van der Waals surface area contributed by atoms with E-state index in [9.17, 15) is 0 Å². The smallest absolute Gasteiger partial charge is 0.240 e. The molecule has 0 fully saturated rings. The molecule has 78 valence electrons. The number of aromatic nitrogens is 3. The molecule has 2 aromatic heterocycles. The van der Waals surface area contributed by atoms with E-state index in [0.717, 1.165) is 15.7 Å². The highest BCUT2D eigenvalue weighted by Crippen LogP contribution is 2.26. The molecule has 4 nitrogen and oxygen atoms in total. The molecule has 0 aliphatic rings. The maximum Gasteiger partial charge on any atom is 0.240 e. The predicted molar refractivity (Wildman–Crippen MR) is 60.1 cm³/mol. The SMILES string of the molecule is Cc1cnc(Oc2cc(C)[nH]n2)c(Br)c1. The summed E-state index contributed by atoms with van der Waals surface area (Å²) < 4.78 is 6.31. The largest absolute Gasteiger partial charge is 0.418 e. The molecule has 0 atom stereocenters. The molecule has 15 heavy (non-hydrogen) atoms. The van der Waals surface area contributed by atoms with Gasteiger partial charge in [0.15, 0.2) is 0 Å². The number of nitrogens with zero attached hydrogens (tertiary/aromatic N) is 2. The molecule has 1 N–H and O–H groups in total. The summed E-state index contributed by atoms with van der Waals surface area (Å²) in [6.07, 6.45) is 1.75. The topological polar surface area (TPSA) is 50.8 Å². The highest BCUT2D eigenvalue weighted by Gasteiger charge is 2.06. The first-order valence-electron chi connectivity index (χ1n) is 4.47. The van der Waals surface area contributed by atoms with Gasteiger partial charge in [-0.2, -0.15) is 0 Å². The minimum absolute atomic E-state index is 0.518. The molecule has 5 heteroatoms. The molecule has 0 unspecified atom stereocenters. The Balaban J connectivity index is 2.24. The first-order chi connectivity index (χ1) is 7.15. The predicted octanol–water partition coefficient (Wildman–Crippen LogP) is 2.98. The third-order valence-electron chi connectivity index (χ3n) is 1.83. The Morgan fingerprint density at radius 3 is 2.73 bits per heavy atom. The molecule has 0 amide bonds. The van der Waals surface area contributed by atoms with Crippen LogP contribution in [0.5, 0.6) is 11.8 Å². The number of halogens is 1. The van der Waals surface area contributed by atoms with E-state index in [2.05, 4.69) is 31.1 Å². The highest BCUT2D eigenvalue weighted by molar-refractivity contribution is 9.10. The van der Waals surface area contributed by atoms with Gasteiger partial charge in [-0.25, -0.2) is 4.98 Å². The van der Waals surface area contributed by atoms with Crippen LogP contribution >= 0.6 is 15.9 Å². The fraction of sp³-hybridized carbons (Fsp3) is 0.200. The fourth-order valence-corrected chi connectivity index (χ4v) is 1.68. The number of ether oxygens (including phenoxy) is 1. The van der Waals surface area contributed by atoms with E-state index in [4.69, 9.17) is 4.74 Å². The fourth-order valence-electron chi connectivity index (χ4n) is 1.14. The lowest BCUT2D eigenvalue weighted by Gasteiger charge is -2.03. The molecule has 0 aliphatic carbocycles. The Bertz CT molecular complexity index is 481. The van der Waals surface area contributed by atoms with Crippen LogP contribution < -0.4 is 4.74 Å². The van der Waals surface area contributed by atoms with Gasteiger partial charge < -0.3 is 4.74 Å². The lowest BCUT2D eigenvalue weighted by Crippen LogP contribution is -1.90. The Kier molecular flexibility index (Phi) is 2.73. The van der Waals surface area contributed by atoms with Crippen LogP contribution in [0.3, 0.4) is 0 Å². The zero-order chi connectivity index (χ0) is 10.8. The van der Waals surface area contributed by atoms with Crippen LogP contribution in [0.15, 0.2) is 22.8 Å². The van der Waals surface area contributed by atoms with Crippen molar-refractivity contribution >= 4 is 15.9 Å². The van der Waals surface area contributed by atoms with Crippen LogP contribution in [-0.4, -0.2) is 15.2 Å². The van der Waals surface area contributed by atoms with Crippen molar-refractivity contribution in [3.8, 4) is 11.8 Å². The van der Waals surface area contributed by atoms with Gasteiger partial charge in [-0.05, 0) is 41.4 Å². The Morgan fingerprint density at radius 2 is 2.13 bits per heavy atom. The van der Waals surface area contributed by atoms with Crippen LogP contribution in [0.2, 0.25) is 0 Å². The third-order valence-corrected chi connectivity index (χ3v) is 2.40. The van der Waals surface area contributed by atoms with Crippen LogP contribution in [0.25, 0.3) is 0 Å². The average molecular weight is 268 g/mol. The van der Waals surface area contributed by atoms with Gasteiger partial charge in [0.25, 0.3) is 0 Å². The summed E-state index contributed by atoms with van der Waals surface area (Å²) in [7, 11) is 0. The van der Waals surface area contributed by atoms with Crippen LogP contribution in [-0.2, 0) is 0 Å². The molecule has 0 bridgehead atoms. The summed E-state index contributed by atoms with van der Waals surface area (Å²) in [5, 5.41) is 6.77. The van der Waals surface area contributed by atoms with E-state index in [0.29, 0.717) is 11.8 Å². The van der Waals surface area contributed by atoms with Gasteiger partial charge in [-0.1, -0.05) is 0 Å². The summed E-state index contributed by atoms with van der Waals surface area (Å²) >= 11 is 3.39. The first kappa shape index (κ1) is 10.2. The van der Waals surface area contributed by atoms with E-state index < -0.39 is 0 Å². The molecule has 2 rings (SSSR count). The van der Waals surface area contributed by atoms with Crippen molar-refractivity contribution in [2.45, 2.75) is 13.8 Å². The number of aryl methyl sites for hydroxylation is 2. The molecule has 0 radical (unpaired) electrons. The van der Waals surface area contributed by atoms with Gasteiger partial charge >= 0.3 is 0 Å². The summed E-state index contributed by atoms with van der Waals surface area (Å²) in [4.78, 5) is 4.16. The molecule has 0 spiro atoms. The second kappa shape index (κ2) is 4.02. The summed E-state index contributed by atoms with van der Waals surface area (Å²) in [5.41, 5.74) is 2.03. The van der Waals surface area contributed by atoms with Gasteiger partial charge in [-0.15, -0.1) is 5.10 Å². The highest BCUT2D eigenvalue weighted by atomic mass is 79.9. The van der Waals surface area contributed by atoms with Crippen molar-refractivity contribution in [2.24, 2.45) is 0 Å². The van der Waals surface area contributed by atoms with Crippen molar-refractivity contribution in [1.82, 2.24) is 15.2 Å². The van der Waals surface area contributed by atoms with Crippen LogP contribution in [0.1, 0.15) is 11.3 Å².